The minimum Gasteiger partial charge on any atom is -0.744 e. The molecule has 0 saturated carbocycles. The summed E-state index contributed by atoms with van der Waals surface area (Å²) in [5.41, 5.74) is 1.01. The minimum absolute atomic E-state index is 0.0926. The Labute approximate surface area is 200 Å². The number of aryl methyl sites for hydroxylation is 2. The molecule has 0 saturated heterocycles. The number of nitrogens with zero attached hydrogens (tertiary/aromatic N) is 1. The highest BCUT2D eigenvalue weighted by molar-refractivity contribution is 7.85. The Morgan fingerprint density at radius 2 is 1.03 bits per heavy atom. The molecule has 0 aromatic heterocycles. The van der Waals surface area contributed by atoms with Gasteiger partial charge in [-0.3, -0.25) is 0 Å². The molecule has 1 aromatic carbocycles. The van der Waals surface area contributed by atoms with Gasteiger partial charge in [-0.15, -0.1) is 0 Å². The van der Waals surface area contributed by atoms with E-state index in [1.807, 2.05) is 0 Å². The molecule has 4 nitrogen and oxygen atoms in total. The van der Waals surface area contributed by atoms with Crippen molar-refractivity contribution in [3.05, 3.63) is 29.3 Å². The summed E-state index contributed by atoms with van der Waals surface area (Å²) >= 11 is 0. The quantitative estimate of drug-likeness (QED) is 0.144. The summed E-state index contributed by atoms with van der Waals surface area (Å²) in [7, 11) is 2.57. The van der Waals surface area contributed by atoms with Crippen LogP contribution in [0.25, 0.3) is 0 Å². The van der Waals surface area contributed by atoms with E-state index in [1.54, 1.807) is 32.0 Å². The summed E-state index contributed by atoms with van der Waals surface area (Å²) in [6.45, 7) is 6.84. The average Bonchev–Trinajstić information content (AvgIpc) is 2.67. The van der Waals surface area contributed by atoms with Crippen LogP contribution < -0.4 is 0 Å². The standard InChI is InChI=1S/C19H42N.C8H10O3S/c1-5-6-7-8-9-10-11-12-13-14-15-16-17-18-19-20(2,3)4;1-6-4-3-5-7(2)8(6)12(9,10)11/h5-19H2,1-4H3;3-5H,1-2H3,(H,9,10,11)/q+1;/p-1. The predicted octanol–water partition coefficient (Wildman–Crippen LogP) is 7.38. The van der Waals surface area contributed by atoms with Crippen molar-refractivity contribution in [3.63, 3.8) is 0 Å². The number of quaternary nitrogens is 1. The van der Waals surface area contributed by atoms with E-state index in [0.29, 0.717) is 11.1 Å². The molecular formula is C27H51NO3S. The van der Waals surface area contributed by atoms with Gasteiger partial charge in [-0.05, 0) is 37.8 Å². The Morgan fingerprint density at radius 1 is 0.688 bits per heavy atom. The molecular weight excluding hydrogens is 418 g/mol. The molecule has 0 spiro atoms. The molecule has 0 aliphatic rings. The fourth-order valence-corrected chi connectivity index (χ4v) is 4.90. The lowest BCUT2D eigenvalue weighted by atomic mass is 10.0. The van der Waals surface area contributed by atoms with E-state index in [-0.39, 0.29) is 4.90 Å². The molecule has 32 heavy (non-hydrogen) atoms. The monoisotopic (exact) mass is 469 g/mol. The Morgan fingerprint density at radius 3 is 1.31 bits per heavy atom. The van der Waals surface area contributed by atoms with Crippen LogP contribution in [0.4, 0.5) is 0 Å². The van der Waals surface area contributed by atoms with Crippen molar-refractivity contribution in [2.24, 2.45) is 0 Å². The van der Waals surface area contributed by atoms with Crippen molar-refractivity contribution in [1.29, 1.82) is 0 Å². The number of benzene rings is 1. The second kappa shape index (κ2) is 17.6. The third-order valence-electron chi connectivity index (χ3n) is 5.84. The van der Waals surface area contributed by atoms with Crippen molar-refractivity contribution in [2.75, 3.05) is 27.7 Å². The molecule has 188 valence electrons. The number of hydrogen-bond donors (Lipinski definition) is 0. The summed E-state index contributed by atoms with van der Waals surface area (Å²) in [4.78, 5) is -0.0926. The lowest BCUT2D eigenvalue weighted by molar-refractivity contribution is -0.870. The van der Waals surface area contributed by atoms with Gasteiger partial charge < -0.3 is 9.04 Å². The molecule has 1 aromatic rings. The van der Waals surface area contributed by atoms with E-state index >= 15 is 0 Å². The first-order valence-corrected chi connectivity index (χ1v) is 14.2. The maximum Gasteiger partial charge on any atom is 0.124 e. The van der Waals surface area contributed by atoms with Gasteiger partial charge in [0.25, 0.3) is 0 Å². The molecule has 5 heteroatoms. The molecule has 0 aliphatic heterocycles. The minimum atomic E-state index is -4.31. The molecule has 0 amide bonds. The van der Waals surface area contributed by atoms with Crippen molar-refractivity contribution in [3.8, 4) is 0 Å². The first kappa shape index (κ1) is 31.1. The largest absolute Gasteiger partial charge is 0.744 e. The highest BCUT2D eigenvalue weighted by Gasteiger charge is 2.07. The molecule has 0 aliphatic carbocycles. The molecule has 1 rings (SSSR count). The summed E-state index contributed by atoms with van der Waals surface area (Å²) < 4.78 is 33.3. The van der Waals surface area contributed by atoms with Crippen LogP contribution in [0.2, 0.25) is 0 Å². The fourth-order valence-electron chi connectivity index (χ4n) is 3.97. The second-order valence-electron chi connectivity index (χ2n) is 10.3. The molecule has 0 atom stereocenters. The number of rotatable bonds is 16. The Bertz CT molecular complexity index is 673. The third-order valence-corrected chi connectivity index (χ3v) is 6.99. The maximum atomic E-state index is 10.7. The van der Waals surface area contributed by atoms with E-state index < -0.39 is 10.1 Å². The van der Waals surface area contributed by atoms with Gasteiger partial charge >= 0.3 is 0 Å². The van der Waals surface area contributed by atoms with Crippen LogP contribution in [-0.2, 0) is 10.1 Å². The summed E-state index contributed by atoms with van der Waals surface area (Å²) in [6.07, 6.45) is 20.4. The normalized spacial score (nSPS) is 11.8. The molecule has 0 radical (unpaired) electrons. The second-order valence-corrected chi connectivity index (χ2v) is 11.6. The SMILES string of the molecule is CCCCCCCCCCCCCCCC[N+](C)(C)C.Cc1cccc(C)c1S(=O)(=O)[O-]. The van der Waals surface area contributed by atoms with Gasteiger partial charge in [-0.25, -0.2) is 8.42 Å². The van der Waals surface area contributed by atoms with Crippen LogP contribution in [0.15, 0.2) is 23.1 Å². The van der Waals surface area contributed by atoms with Gasteiger partial charge in [0.1, 0.15) is 10.1 Å². The van der Waals surface area contributed by atoms with Crippen LogP contribution in [0, 0.1) is 13.8 Å². The summed E-state index contributed by atoms with van der Waals surface area (Å²) in [6, 6.07) is 4.94. The van der Waals surface area contributed by atoms with Gasteiger partial charge in [-0.2, -0.15) is 0 Å². The van der Waals surface area contributed by atoms with E-state index in [2.05, 4.69) is 28.1 Å². The Balaban J connectivity index is 0.000000677. The van der Waals surface area contributed by atoms with Gasteiger partial charge in [0, 0.05) is 0 Å². The molecule has 0 heterocycles. The van der Waals surface area contributed by atoms with Gasteiger partial charge in [-0.1, -0.05) is 102 Å². The zero-order valence-electron chi connectivity index (χ0n) is 21.9. The lowest BCUT2D eigenvalue weighted by Gasteiger charge is -2.23. The van der Waals surface area contributed by atoms with Gasteiger partial charge in [0.15, 0.2) is 0 Å². The Kier molecular flexibility index (Phi) is 17.1. The zero-order chi connectivity index (χ0) is 24.5. The van der Waals surface area contributed by atoms with Crippen molar-refractivity contribution < 1.29 is 17.5 Å². The molecule has 0 N–H and O–H groups in total. The smallest absolute Gasteiger partial charge is 0.124 e. The van der Waals surface area contributed by atoms with Crippen LogP contribution in [0.5, 0.6) is 0 Å². The van der Waals surface area contributed by atoms with E-state index in [0.717, 1.165) is 4.48 Å². The predicted molar refractivity (Wildman–Crippen MR) is 137 cm³/mol. The van der Waals surface area contributed by atoms with Crippen LogP contribution >= 0.6 is 0 Å². The van der Waals surface area contributed by atoms with Crippen molar-refractivity contribution in [1.82, 2.24) is 0 Å². The van der Waals surface area contributed by atoms with E-state index in [9.17, 15) is 13.0 Å². The Hall–Kier alpha value is -0.910. The molecule has 0 bridgehead atoms. The number of hydrogen-bond acceptors (Lipinski definition) is 3. The van der Waals surface area contributed by atoms with Gasteiger partial charge in [0.05, 0.1) is 32.6 Å². The first-order valence-electron chi connectivity index (χ1n) is 12.8. The summed E-state index contributed by atoms with van der Waals surface area (Å²) in [5.74, 6) is 0. The van der Waals surface area contributed by atoms with Crippen LogP contribution in [-0.4, -0.2) is 45.1 Å². The number of unbranched alkanes of at least 4 members (excludes halogenated alkanes) is 13. The zero-order valence-corrected chi connectivity index (χ0v) is 22.7. The van der Waals surface area contributed by atoms with Crippen LogP contribution in [0.1, 0.15) is 108 Å². The maximum absolute atomic E-state index is 10.7. The summed E-state index contributed by atoms with van der Waals surface area (Å²) in [5, 5.41) is 0. The highest BCUT2D eigenvalue weighted by atomic mass is 32.2. The van der Waals surface area contributed by atoms with Crippen molar-refractivity contribution in [2.45, 2.75) is 116 Å². The lowest BCUT2D eigenvalue weighted by Crippen LogP contribution is -2.35. The highest BCUT2D eigenvalue weighted by Crippen LogP contribution is 2.18. The van der Waals surface area contributed by atoms with E-state index in [4.69, 9.17) is 0 Å². The topological polar surface area (TPSA) is 57.2 Å². The van der Waals surface area contributed by atoms with Gasteiger partial charge in [0.2, 0.25) is 0 Å². The molecule has 0 unspecified atom stereocenters. The third kappa shape index (κ3) is 17.6. The first-order chi connectivity index (χ1) is 15.0. The molecule has 0 fully saturated rings. The van der Waals surface area contributed by atoms with Crippen LogP contribution in [0.3, 0.4) is 0 Å². The van der Waals surface area contributed by atoms with E-state index in [1.165, 1.54) is 96.4 Å². The average molecular weight is 470 g/mol. The fraction of sp³-hybridized carbons (Fsp3) is 0.778. The van der Waals surface area contributed by atoms with Crippen molar-refractivity contribution >= 4 is 10.1 Å².